The quantitative estimate of drug-likeness (QED) is 0.793. The molecular formula is C18H13NO3. The first-order chi connectivity index (χ1) is 10.7. The predicted octanol–water partition coefficient (Wildman–Crippen LogP) is 3.79. The molecule has 0 amide bonds. The van der Waals surface area contributed by atoms with Gasteiger partial charge in [0, 0.05) is 11.8 Å². The van der Waals surface area contributed by atoms with Crippen molar-refractivity contribution in [3.8, 4) is 6.07 Å². The molecule has 0 fully saturated rings. The Balaban J connectivity index is 1.73. The van der Waals surface area contributed by atoms with Gasteiger partial charge in [-0.25, -0.2) is 4.79 Å². The lowest BCUT2D eigenvalue weighted by Crippen LogP contribution is -1.96. The Morgan fingerprint density at radius 2 is 1.86 bits per heavy atom. The van der Waals surface area contributed by atoms with Gasteiger partial charge in [0.2, 0.25) is 0 Å². The molecule has 108 valence electrons. The summed E-state index contributed by atoms with van der Waals surface area (Å²) in [6, 6.07) is 16.3. The smallest absolute Gasteiger partial charge is 0.335 e. The van der Waals surface area contributed by atoms with Crippen LogP contribution < -0.4 is 0 Å². The van der Waals surface area contributed by atoms with E-state index in [0.29, 0.717) is 5.56 Å². The number of rotatable bonds is 4. The number of hydrogen-bond donors (Lipinski definition) is 1. The molecule has 0 spiro atoms. The van der Waals surface area contributed by atoms with Crippen LogP contribution in [0.2, 0.25) is 0 Å². The second-order valence-corrected chi connectivity index (χ2v) is 5.08. The van der Waals surface area contributed by atoms with Crippen LogP contribution in [0.25, 0.3) is 11.0 Å². The summed E-state index contributed by atoms with van der Waals surface area (Å²) >= 11 is 0. The number of nitriles is 1. The third-order valence-corrected chi connectivity index (χ3v) is 3.56. The lowest BCUT2D eigenvalue weighted by atomic mass is 10.1. The lowest BCUT2D eigenvalue weighted by Gasteiger charge is -2.00. The van der Waals surface area contributed by atoms with E-state index in [-0.39, 0.29) is 5.56 Å². The first kappa shape index (κ1) is 13.9. The van der Waals surface area contributed by atoms with Crippen molar-refractivity contribution in [2.24, 2.45) is 0 Å². The van der Waals surface area contributed by atoms with Gasteiger partial charge in [-0.15, -0.1) is 0 Å². The maximum atomic E-state index is 10.8. The number of carbonyl (C=O) groups is 1. The highest BCUT2D eigenvalue weighted by atomic mass is 16.4. The van der Waals surface area contributed by atoms with Crippen LogP contribution in [0.15, 0.2) is 52.9 Å². The lowest BCUT2D eigenvalue weighted by molar-refractivity contribution is 0.0697. The Kier molecular flexibility index (Phi) is 3.63. The van der Waals surface area contributed by atoms with Gasteiger partial charge in [0.15, 0.2) is 0 Å². The highest BCUT2D eigenvalue weighted by Gasteiger charge is 2.06. The van der Waals surface area contributed by atoms with Gasteiger partial charge in [-0.1, -0.05) is 12.1 Å². The number of benzene rings is 2. The van der Waals surface area contributed by atoms with Gasteiger partial charge in [-0.05, 0) is 48.4 Å². The fourth-order valence-electron chi connectivity index (χ4n) is 2.37. The summed E-state index contributed by atoms with van der Waals surface area (Å²) < 4.78 is 5.75. The van der Waals surface area contributed by atoms with Gasteiger partial charge in [0.1, 0.15) is 11.3 Å². The Morgan fingerprint density at radius 1 is 1.09 bits per heavy atom. The van der Waals surface area contributed by atoms with Crippen LogP contribution in [0.1, 0.15) is 27.2 Å². The minimum atomic E-state index is -0.919. The molecule has 0 aliphatic rings. The number of hydrogen-bond acceptors (Lipinski definition) is 3. The number of aryl methyl sites for hydroxylation is 2. The van der Waals surface area contributed by atoms with Crippen LogP contribution >= 0.6 is 0 Å². The number of nitrogens with zero attached hydrogens (tertiary/aromatic N) is 1. The van der Waals surface area contributed by atoms with Crippen LogP contribution in [-0.2, 0) is 12.8 Å². The van der Waals surface area contributed by atoms with E-state index in [2.05, 4.69) is 6.07 Å². The van der Waals surface area contributed by atoms with E-state index in [1.54, 1.807) is 24.3 Å². The molecule has 3 aromatic rings. The third-order valence-electron chi connectivity index (χ3n) is 3.56. The van der Waals surface area contributed by atoms with Crippen LogP contribution in [0, 0.1) is 11.3 Å². The molecule has 0 saturated carbocycles. The average Bonchev–Trinajstić information content (AvgIpc) is 2.95. The first-order valence-electron chi connectivity index (χ1n) is 6.90. The average molecular weight is 291 g/mol. The minimum Gasteiger partial charge on any atom is -0.478 e. The van der Waals surface area contributed by atoms with Crippen LogP contribution in [0.5, 0.6) is 0 Å². The maximum absolute atomic E-state index is 10.8. The Labute approximate surface area is 127 Å². The van der Waals surface area contributed by atoms with Crippen molar-refractivity contribution in [1.82, 2.24) is 0 Å². The van der Waals surface area contributed by atoms with Crippen molar-refractivity contribution < 1.29 is 14.3 Å². The van der Waals surface area contributed by atoms with E-state index >= 15 is 0 Å². The molecule has 2 aromatic carbocycles. The van der Waals surface area contributed by atoms with Crippen LogP contribution in [0.3, 0.4) is 0 Å². The summed E-state index contributed by atoms with van der Waals surface area (Å²) in [5, 5.41) is 18.7. The molecule has 0 aliphatic carbocycles. The van der Waals surface area contributed by atoms with Gasteiger partial charge < -0.3 is 9.52 Å². The largest absolute Gasteiger partial charge is 0.478 e. The zero-order valence-corrected chi connectivity index (χ0v) is 11.7. The molecule has 1 heterocycles. The highest BCUT2D eigenvalue weighted by molar-refractivity contribution is 5.87. The summed E-state index contributed by atoms with van der Waals surface area (Å²) in [6.45, 7) is 0. The minimum absolute atomic E-state index is 0.288. The van der Waals surface area contributed by atoms with E-state index in [9.17, 15) is 4.79 Å². The molecule has 3 rings (SSSR count). The molecule has 0 radical (unpaired) electrons. The standard InChI is InChI=1S/C18H13NO3/c19-11-13-4-8-17-15(9-13)10-16(22-17)7-3-12-1-5-14(6-2-12)18(20)21/h1-2,4-6,8-10H,3,7H2,(H,20,21). The summed E-state index contributed by atoms with van der Waals surface area (Å²) in [7, 11) is 0. The molecule has 0 bridgehead atoms. The first-order valence-corrected chi connectivity index (χ1v) is 6.90. The van der Waals surface area contributed by atoms with Gasteiger partial charge in [-0.2, -0.15) is 5.26 Å². The van der Waals surface area contributed by atoms with E-state index in [1.165, 1.54) is 0 Å². The van der Waals surface area contributed by atoms with Crippen molar-refractivity contribution in [2.45, 2.75) is 12.8 Å². The molecule has 1 aromatic heterocycles. The molecule has 0 unspecified atom stereocenters. The second kappa shape index (κ2) is 5.74. The summed E-state index contributed by atoms with van der Waals surface area (Å²) in [4.78, 5) is 10.8. The molecule has 0 aliphatic heterocycles. The predicted molar refractivity (Wildman–Crippen MR) is 81.7 cm³/mol. The Morgan fingerprint density at radius 3 is 2.55 bits per heavy atom. The second-order valence-electron chi connectivity index (χ2n) is 5.08. The molecule has 0 saturated heterocycles. The molecule has 4 nitrogen and oxygen atoms in total. The molecule has 1 N–H and O–H groups in total. The molecule has 0 atom stereocenters. The summed E-state index contributed by atoms with van der Waals surface area (Å²) in [6.07, 6.45) is 1.49. The SMILES string of the molecule is N#Cc1ccc2oc(CCc3ccc(C(=O)O)cc3)cc2c1. The van der Waals surface area contributed by atoms with Gasteiger partial charge in [-0.3, -0.25) is 0 Å². The van der Waals surface area contributed by atoms with E-state index < -0.39 is 5.97 Å². The Bertz CT molecular complexity index is 869. The van der Waals surface area contributed by atoms with Crippen molar-refractivity contribution in [2.75, 3.05) is 0 Å². The van der Waals surface area contributed by atoms with Crippen LogP contribution in [0.4, 0.5) is 0 Å². The van der Waals surface area contributed by atoms with E-state index in [0.717, 1.165) is 35.1 Å². The number of fused-ring (bicyclic) bond motifs is 1. The van der Waals surface area contributed by atoms with Crippen molar-refractivity contribution in [3.63, 3.8) is 0 Å². The zero-order valence-electron chi connectivity index (χ0n) is 11.7. The topological polar surface area (TPSA) is 74.2 Å². The highest BCUT2D eigenvalue weighted by Crippen LogP contribution is 2.22. The van der Waals surface area contributed by atoms with E-state index in [4.69, 9.17) is 14.8 Å². The van der Waals surface area contributed by atoms with Gasteiger partial charge >= 0.3 is 5.97 Å². The Hall–Kier alpha value is -3.06. The van der Waals surface area contributed by atoms with Crippen LogP contribution in [-0.4, -0.2) is 11.1 Å². The zero-order chi connectivity index (χ0) is 15.5. The normalized spacial score (nSPS) is 10.5. The fraction of sp³-hybridized carbons (Fsp3) is 0.111. The third kappa shape index (κ3) is 2.84. The fourth-order valence-corrected chi connectivity index (χ4v) is 2.37. The maximum Gasteiger partial charge on any atom is 0.335 e. The summed E-state index contributed by atoms with van der Waals surface area (Å²) in [5.74, 6) is -0.0652. The van der Waals surface area contributed by atoms with Gasteiger partial charge in [0.05, 0.1) is 17.2 Å². The number of carboxylic acid groups (broad SMARTS) is 1. The molecular weight excluding hydrogens is 278 g/mol. The summed E-state index contributed by atoms with van der Waals surface area (Å²) in [5.41, 5.74) is 2.74. The molecule has 4 heteroatoms. The van der Waals surface area contributed by atoms with Crippen molar-refractivity contribution in [3.05, 3.63) is 71.0 Å². The van der Waals surface area contributed by atoms with Crippen molar-refractivity contribution >= 4 is 16.9 Å². The molecule has 22 heavy (non-hydrogen) atoms. The van der Waals surface area contributed by atoms with Crippen molar-refractivity contribution in [1.29, 1.82) is 5.26 Å². The number of aromatic carboxylic acids is 1. The number of carboxylic acids is 1. The number of furan rings is 1. The van der Waals surface area contributed by atoms with Gasteiger partial charge in [0.25, 0.3) is 0 Å². The monoisotopic (exact) mass is 291 g/mol. The van der Waals surface area contributed by atoms with E-state index in [1.807, 2.05) is 24.3 Å².